The highest BCUT2D eigenvalue weighted by molar-refractivity contribution is 5.74. The van der Waals surface area contributed by atoms with Gasteiger partial charge in [0, 0.05) is 25.5 Å². The molecule has 1 aromatic carbocycles. The molecular formula is C19H21N5O2. The standard InChI is InChI=1S/C19H21N5O2/c1-25-18-12-21-11-17(19(18)26-14-4-5-20-10-14)24-9-13-2-3-15-16(8-13)23-7-6-22-15/h2-3,6-8,11-12,14,20,24H,4-5,9-10H2,1H3/t14-/m1/s1. The summed E-state index contributed by atoms with van der Waals surface area (Å²) in [5, 5.41) is 6.72. The Morgan fingerprint density at radius 2 is 2.08 bits per heavy atom. The maximum absolute atomic E-state index is 6.17. The van der Waals surface area contributed by atoms with E-state index in [1.165, 1.54) is 0 Å². The lowest BCUT2D eigenvalue weighted by Crippen LogP contribution is -2.20. The fraction of sp³-hybridized carbons (Fsp3) is 0.316. The number of anilines is 1. The van der Waals surface area contributed by atoms with Crippen molar-refractivity contribution < 1.29 is 9.47 Å². The highest BCUT2D eigenvalue weighted by Gasteiger charge is 2.20. The van der Waals surface area contributed by atoms with Crippen molar-refractivity contribution in [2.24, 2.45) is 0 Å². The topological polar surface area (TPSA) is 81.2 Å². The van der Waals surface area contributed by atoms with Crippen LogP contribution in [0.15, 0.2) is 43.0 Å². The van der Waals surface area contributed by atoms with Crippen LogP contribution < -0.4 is 20.1 Å². The largest absolute Gasteiger partial charge is 0.491 e. The predicted molar refractivity (Wildman–Crippen MR) is 99.6 cm³/mol. The van der Waals surface area contributed by atoms with Crippen LogP contribution in [0.1, 0.15) is 12.0 Å². The third-order valence-electron chi connectivity index (χ3n) is 4.40. The molecule has 1 aliphatic heterocycles. The Morgan fingerprint density at radius 3 is 2.88 bits per heavy atom. The Morgan fingerprint density at radius 1 is 1.19 bits per heavy atom. The van der Waals surface area contributed by atoms with Crippen molar-refractivity contribution in [3.8, 4) is 11.5 Å². The molecule has 0 saturated carbocycles. The van der Waals surface area contributed by atoms with Crippen molar-refractivity contribution >= 4 is 16.7 Å². The summed E-state index contributed by atoms with van der Waals surface area (Å²) in [6, 6.07) is 6.05. The molecule has 0 aliphatic carbocycles. The SMILES string of the molecule is COc1cncc(NCc2ccc3nccnc3c2)c1O[C@@H]1CCNC1. The van der Waals surface area contributed by atoms with E-state index in [2.05, 4.69) is 25.6 Å². The number of hydrogen-bond acceptors (Lipinski definition) is 7. The maximum Gasteiger partial charge on any atom is 0.187 e. The molecule has 4 rings (SSSR count). The molecule has 1 atom stereocenters. The summed E-state index contributed by atoms with van der Waals surface area (Å²) in [5.74, 6) is 1.34. The van der Waals surface area contributed by atoms with E-state index in [1.54, 1.807) is 31.9 Å². The highest BCUT2D eigenvalue weighted by atomic mass is 16.5. The molecule has 0 spiro atoms. The molecule has 1 fully saturated rings. The number of ether oxygens (including phenoxy) is 2. The van der Waals surface area contributed by atoms with Crippen LogP contribution in [0.5, 0.6) is 11.5 Å². The Labute approximate surface area is 151 Å². The summed E-state index contributed by atoms with van der Waals surface area (Å²) < 4.78 is 11.6. The Hall–Kier alpha value is -2.93. The number of benzene rings is 1. The van der Waals surface area contributed by atoms with Gasteiger partial charge < -0.3 is 20.1 Å². The molecule has 3 aromatic rings. The van der Waals surface area contributed by atoms with E-state index in [0.29, 0.717) is 18.0 Å². The van der Waals surface area contributed by atoms with E-state index < -0.39 is 0 Å². The van der Waals surface area contributed by atoms with Gasteiger partial charge in [-0.15, -0.1) is 0 Å². The zero-order valence-electron chi connectivity index (χ0n) is 14.6. The Bertz CT molecular complexity index is 896. The molecule has 2 N–H and O–H groups in total. The van der Waals surface area contributed by atoms with Gasteiger partial charge in [0.15, 0.2) is 11.5 Å². The average Bonchev–Trinajstić information content (AvgIpc) is 3.20. The van der Waals surface area contributed by atoms with E-state index in [1.807, 2.05) is 18.2 Å². The van der Waals surface area contributed by atoms with Crippen LogP contribution in [0.3, 0.4) is 0 Å². The number of nitrogens with zero attached hydrogens (tertiary/aromatic N) is 3. The first-order valence-corrected chi connectivity index (χ1v) is 8.66. The molecule has 0 bridgehead atoms. The van der Waals surface area contributed by atoms with Gasteiger partial charge in [0.25, 0.3) is 0 Å². The third kappa shape index (κ3) is 3.52. The molecule has 0 unspecified atom stereocenters. The quantitative estimate of drug-likeness (QED) is 0.706. The molecular weight excluding hydrogens is 330 g/mol. The zero-order chi connectivity index (χ0) is 17.8. The predicted octanol–water partition coefficient (Wildman–Crippen LogP) is 2.39. The van der Waals surface area contributed by atoms with Gasteiger partial charge in [-0.05, 0) is 30.7 Å². The number of fused-ring (bicyclic) bond motifs is 1. The normalized spacial score (nSPS) is 16.6. The van der Waals surface area contributed by atoms with Crippen LogP contribution in [-0.4, -0.2) is 41.3 Å². The smallest absolute Gasteiger partial charge is 0.187 e. The summed E-state index contributed by atoms with van der Waals surface area (Å²) in [6.07, 6.45) is 7.96. The molecule has 26 heavy (non-hydrogen) atoms. The lowest BCUT2D eigenvalue weighted by molar-refractivity contribution is 0.213. The minimum absolute atomic E-state index is 0.141. The van der Waals surface area contributed by atoms with E-state index in [0.717, 1.165) is 41.8 Å². The van der Waals surface area contributed by atoms with Crippen LogP contribution in [0.25, 0.3) is 11.0 Å². The summed E-state index contributed by atoms with van der Waals surface area (Å²) in [4.78, 5) is 12.9. The van der Waals surface area contributed by atoms with Crippen molar-refractivity contribution in [2.45, 2.75) is 19.1 Å². The van der Waals surface area contributed by atoms with Crippen LogP contribution in [0, 0.1) is 0 Å². The minimum Gasteiger partial charge on any atom is -0.491 e. The van der Waals surface area contributed by atoms with Gasteiger partial charge in [-0.25, -0.2) is 0 Å². The van der Waals surface area contributed by atoms with Gasteiger partial charge in [-0.3, -0.25) is 15.0 Å². The van der Waals surface area contributed by atoms with Gasteiger partial charge in [-0.1, -0.05) is 6.07 Å². The maximum atomic E-state index is 6.17. The molecule has 2 aromatic heterocycles. The number of pyridine rings is 1. The molecule has 7 heteroatoms. The number of aromatic nitrogens is 3. The molecule has 0 radical (unpaired) electrons. The van der Waals surface area contributed by atoms with E-state index >= 15 is 0 Å². The molecule has 0 amide bonds. The highest BCUT2D eigenvalue weighted by Crippen LogP contribution is 2.35. The van der Waals surface area contributed by atoms with Crippen molar-refractivity contribution in [2.75, 3.05) is 25.5 Å². The first-order valence-electron chi connectivity index (χ1n) is 8.66. The lowest BCUT2D eigenvalue weighted by atomic mass is 10.2. The zero-order valence-corrected chi connectivity index (χ0v) is 14.6. The van der Waals surface area contributed by atoms with Crippen molar-refractivity contribution in [1.29, 1.82) is 0 Å². The van der Waals surface area contributed by atoms with E-state index in [9.17, 15) is 0 Å². The molecule has 1 saturated heterocycles. The summed E-state index contributed by atoms with van der Waals surface area (Å²) in [7, 11) is 1.63. The lowest BCUT2D eigenvalue weighted by Gasteiger charge is -2.19. The second-order valence-electron chi connectivity index (χ2n) is 6.18. The molecule has 3 heterocycles. The third-order valence-corrected chi connectivity index (χ3v) is 4.40. The molecule has 1 aliphatic rings. The fourth-order valence-corrected chi connectivity index (χ4v) is 3.03. The second kappa shape index (κ2) is 7.53. The molecule has 134 valence electrons. The Balaban J connectivity index is 1.54. The van der Waals surface area contributed by atoms with Gasteiger partial charge in [0.05, 0.1) is 36.2 Å². The number of methoxy groups -OCH3 is 1. The van der Waals surface area contributed by atoms with Crippen LogP contribution in [-0.2, 0) is 6.54 Å². The summed E-state index contributed by atoms with van der Waals surface area (Å²) in [5.41, 5.74) is 3.69. The number of hydrogen-bond donors (Lipinski definition) is 2. The van der Waals surface area contributed by atoms with Crippen LogP contribution >= 0.6 is 0 Å². The summed E-state index contributed by atoms with van der Waals surface area (Å²) in [6.45, 7) is 2.44. The van der Waals surface area contributed by atoms with Crippen molar-refractivity contribution in [1.82, 2.24) is 20.3 Å². The van der Waals surface area contributed by atoms with Crippen LogP contribution in [0.2, 0.25) is 0 Å². The van der Waals surface area contributed by atoms with Gasteiger partial charge >= 0.3 is 0 Å². The number of rotatable bonds is 6. The van der Waals surface area contributed by atoms with Gasteiger partial charge in [0.1, 0.15) is 6.10 Å². The second-order valence-corrected chi connectivity index (χ2v) is 6.18. The first kappa shape index (κ1) is 16.5. The summed E-state index contributed by atoms with van der Waals surface area (Å²) >= 11 is 0. The minimum atomic E-state index is 0.141. The average molecular weight is 351 g/mol. The van der Waals surface area contributed by atoms with Crippen LogP contribution in [0.4, 0.5) is 5.69 Å². The monoisotopic (exact) mass is 351 g/mol. The fourth-order valence-electron chi connectivity index (χ4n) is 3.03. The number of nitrogens with one attached hydrogen (secondary N) is 2. The van der Waals surface area contributed by atoms with E-state index in [4.69, 9.17) is 9.47 Å². The van der Waals surface area contributed by atoms with Crippen molar-refractivity contribution in [3.63, 3.8) is 0 Å². The van der Waals surface area contributed by atoms with Gasteiger partial charge in [0.2, 0.25) is 0 Å². The molecule has 7 nitrogen and oxygen atoms in total. The van der Waals surface area contributed by atoms with Crippen molar-refractivity contribution in [3.05, 3.63) is 48.5 Å². The first-order chi connectivity index (χ1) is 12.8. The van der Waals surface area contributed by atoms with E-state index in [-0.39, 0.29) is 6.10 Å². The Kier molecular flexibility index (Phi) is 4.79. The van der Waals surface area contributed by atoms with Gasteiger partial charge in [-0.2, -0.15) is 0 Å².